The molecule has 0 aromatic rings. The molecule has 4 N–H and O–H groups in total. The highest BCUT2D eigenvalue weighted by molar-refractivity contribution is 5.04. The van der Waals surface area contributed by atoms with Crippen LogP contribution < -0.4 is 11.5 Å². The fraction of sp³-hybridized carbons (Fsp3) is 0.375. The first-order valence-electron chi connectivity index (χ1n) is 3.22. The normalized spacial score (nSPS) is 16.3. The summed E-state index contributed by atoms with van der Waals surface area (Å²) in [6.45, 7) is 5.29. The minimum absolute atomic E-state index is 0.0595. The zero-order chi connectivity index (χ0) is 7.98. The van der Waals surface area contributed by atoms with E-state index in [0.717, 1.165) is 0 Å². The van der Waals surface area contributed by atoms with Gasteiger partial charge < -0.3 is 11.5 Å². The Morgan fingerprint density at radius 1 is 1.40 bits per heavy atom. The number of nitrogens with two attached hydrogens (primary N) is 2. The number of hydrogen-bond acceptors (Lipinski definition) is 2. The van der Waals surface area contributed by atoms with E-state index in [4.69, 9.17) is 11.5 Å². The lowest BCUT2D eigenvalue weighted by molar-refractivity contribution is 0.906. The molecule has 0 radical (unpaired) electrons. The Hall–Kier alpha value is -0.820. The molecule has 0 fully saturated rings. The van der Waals surface area contributed by atoms with Gasteiger partial charge in [0.15, 0.2) is 0 Å². The van der Waals surface area contributed by atoms with Crippen molar-refractivity contribution in [3.63, 3.8) is 0 Å². The summed E-state index contributed by atoms with van der Waals surface area (Å²) in [4.78, 5) is 0. The maximum absolute atomic E-state index is 5.53. The molecule has 0 bridgehead atoms. The van der Waals surface area contributed by atoms with Crippen molar-refractivity contribution in [2.24, 2.45) is 11.5 Å². The molecule has 2 nitrogen and oxygen atoms in total. The van der Waals surface area contributed by atoms with E-state index in [0.29, 0.717) is 0 Å². The standard InChI is InChI=1S/C8H14N2/c1-3-4-8(10)6-5-7(2)9/h4-8H,1,9-10H2,2H3/b6-5-. The van der Waals surface area contributed by atoms with Gasteiger partial charge in [-0.2, -0.15) is 0 Å². The summed E-state index contributed by atoms with van der Waals surface area (Å²) in [5, 5.41) is 0. The average Bonchev–Trinajstić information content (AvgIpc) is 1.85. The lowest BCUT2D eigenvalue weighted by Crippen LogP contribution is -2.16. The Kier molecular flexibility index (Phi) is 4.59. The van der Waals surface area contributed by atoms with Gasteiger partial charge in [0.1, 0.15) is 0 Å². The molecule has 0 aliphatic heterocycles. The molecule has 0 saturated carbocycles. The molecule has 10 heavy (non-hydrogen) atoms. The predicted molar refractivity (Wildman–Crippen MR) is 44.5 cm³/mol. The fourth-order valence-corrected chi connectivity index (χ4v) is 0.495. The van der Waals surface area contributed by atoms with Crippen LogP contribution in [0.4, 0.5) is 0 Å². The third kappa shape index (κ3) is 5.32. The molecule has 0 amide bonds. The highest BCUT2D eigenvalue weighted by atomic mass is 14.6. The summed E-state index contributed by atoms with van der Waals surface area (Å²) in [5.41, 5.74) is 13.6. The summed E-state index contributed by atoms with van der Waals surface area (Å²) < 4.78 is 0. The Morgan fingerprint density at radius 2 is 2.00 bits per heavy atom. The van der Waals surface area contributed by atoms with E-state index in [1.54, 1.807) is 6.08 Å². The van der Waals surface area contributed by atoms with E-state index in [9.17, 15) is 0 Å². The lowest BCUT2D eigenvalue weighted by atomic mass is 10.2. The Morgan fingerprint density at radius 3 is 2.40 bits per heavy atom. The molecule has 0 aliphatic rings. The molecule has 2 unspecified atom stereocenters. The molecule has 0 saturated heterocycles. The van der Waals surface area contributed by atoms with Crippen LogP contribution in [0, 0.1) is 0 Å². The van der Waals surface area contributed by atoms with Gasteiger partial charge in [-0.25, -0.2) is 0 Å². The second kappa shape index (κ2) is 5.00. The van der Waals surface area contributed by atoms with Gasteiger partial charge in [-0.3, -0.25) is 0 Å². The first-order valence-corrected chi connectivity index (χ1v) is 3.22. The molecule has 0 rings (SSSR count). The quantitative estimate of drug-likeness (QED) is 0.442. The van der Waals surface area contributed by atoms with Crippen molar-refractivity contribution in [2.45, 2.75) is 19.0 Å². The van der Waals surface area contributed by atoms with Crippen molar-refractivity contribution in [3.05, 3.63) is 30.5 Å². The van der Waals surface area contributed by atoms with Gasteiger partial charge in [-0.05, 0) is 13.0 Å². The third-order valence-electron chi connectivity index (χ3n) is 0.947. The minimum Gasteiger partial charge on any atom is -0.325 e. The molecule has 0 aliphatic carbocycles. The molecule has 56 valence electrons. The molecular formula is C8H14N2. The molecule has 0 spiro atoms. The summed E-state index contributed by atoms with van der Waals surface area (Å²) >= 11 is 0. The van der Waals surface area contributed by atoms with Crippen LogP contribution in [0.15, 0.2) is 30.5 Å². The van der Waals surface area contributed by atoms with Crippen LogP contribution in [0.2, 0.25) is 0 Å². The first kappa shape index (κ1) is 9.18. The Labute approximate surface area is 61.9 Å². The lowest BCUT2D eigenvalue weighted by Gasteiger charge is -1.97. The van der Waals surface area contributed by atoms with Crippen molar-refractivity contribution in [3.8, 4) is 0 Å². The minimum atomic E-state index is -0.108. The predicted octanol–water partition coefficient (Wildman–Crippen LogP) is 0.558. The van der Waals surface area contributed by atoms with Gasteiger partial charge in [-0.15, -0.1) is 5.73 Å². The first-order chi connectivity index (χ1) is 4.66. The van der Waals surface area contributed by atoms with E-state index >= 15 is 0 Å². The van der Waals surface area contributed by atoms with Crippen LogP contribution in [0.25, 0.3) is 0 Å². The maximum atomic E-state index is 5.53. The van der Waals surface area contributed by atoms with Gasteiger partial charge >= 0.3 is 0 Å². The van der Waals surface area contributed by atoms with Crippen LogP contribution in [-0.2, 0) is 0 Å². The zero-order valence-electron chi connectivity index (χ0n) is 6.25. The van der Waals surface area contributed by atoms with E-state index in [1.165, 1.54) is 0 Å². The van der Waals surface area contributed by atoms with Crippen LogP contribution in [0.5, 0.6) is 0 Å². The molecule has 0 aromatic carbocycles. The molecular weight excluding hydrogens is 124 g/mol. The largest absolute Gasteiger partial charge is 0.325 e. The van der Waals surface area contributed by atoms with Gasteiger partial charge in [-0.1, -0.05) is 18.7 Å². The molecule has 0 aromatic heterocycles. The summed E-state index contributed by atoms with van der Waals surface area (Å²) in [5.74, 6) is 0. The van der Waals surface area contributed by atoms with Crippen LogP contribution in [0.1, 0.15) is 6.92 Å². The van der Waals surface area contributed by atoms with Crippen LogP contribution in [0.3, 0.4) is 0 Å². The highest BCUT2D eigenvalue weighted by Gasteiger charge is 1.88. The summed E-state index contributed by atoms with van der Waals surface area (Å²) in [6.07, 6.45) is 5.35. The monoisotopic (exact) mass is 138 g/mol. The van der Waals surface area contributed by atoms with Crippen molar-refractivity contribution < 1.29 is 0 Å². The number of hydrogen-bond donors (Lipinski definition) is 2. The van der Waals surface area contributed by atoms with Gasteiger partial charge in [0.05, 0.1) is 0 Å². The maximum Gasteiger partial charge on any atom is 0.0486 e. The van der Waals surface area contributed by atoms with Crippen molar-refractivity contribution in [1.82, 2.24) is 0 Å². The Balaban J connectivity index is 3.77. The van der Waals surface area contributed by atoms with Crippen molar-refractivity contribution in [2.75, 3.05) is 0 Å². The molecule has 2 atom stereocenters. The average molecular weight is 138 g/mol. The highest BCUT2D eigenvalue weighted by Crippen LogP contribution is 1.85. The second-order valence-electron chi connectivity index (χ2n) is 2.19. The van der Waals surface area contributed by atoms with Crippen LogP contribution in [-0.4, -0.2) is 12.1 Å². The summed E-state index contributed by atoms with van der Waals surface area (Å²) in [7, 11) is 0. The molecule has 0 heterocycles. The van der Waals surface area contributed by atoms with E-state index in [2.05, 4.69) is 12.3 Å². The van der Waals surface area contributed by atoms with Crippen molar-refractivity contribution in [1.29, 1.82) is 0 Å². The van der Waals surface area contributed by atoms with Gasteiger partial charge in [0, 0.05) is 12.1 Å². The molecule has 2 heteroatoms. The van der Waals surface area contributed by atoms with E-state index < -0.39 is 0 Å². The SMILES string of the molecule is C=C=CC(N)/C=C\C(C)N. The van der Waals surface area contributed by atoms with Crippen LogP contribution >= 0.6 is 0 Å². The van der Waals surface area contributed by atoms with Crippen molar-refractivity contribution >= 4 is 0 Å². The van der Waals surface area contributed by atoms with Gasteiger partial charge in [0.25, 0.3) is 0 Å². The zero-order valence-corrected chi connectivity index (χ0v) is 6.25. The van der Waals surface area contributed by atoms with E-state index in [-0.39, 0.29) is 12.1 Å². The Bertz CT molecular complexity index is 153. The summed E-state index contributed by atoms with van der Waals surface area (Å²) in [6, 6.07) is -0.0484. The smallest absolute Gasteiger partial charge is 0.0486 e. The van der Waals surface area contributed by atoms with Gasteiger partial charge in [0.2, 0.25) is 0 Å². The number of rotatable bonds is 3. The second-order valence-corrected chi connectivity index (χ2v) is 2.19. The fourth-order valence-electron chi connectivity index (χ4n) is 0.495. The third-order valence-corrected chi connectivity index (χ3v) is 0.947. The topological polar surface area (TPSA) is 52.0 Å². The van der Waals surface area contributed by atoms with E-state index in [1.807, 2.05) is 19.1 Å².